The number of amides is 2. The first-order valence-electron chi connectivity index (χ1n) is 10.1. The average Bonchev–Trinajstić information content (AvgIpc) is 3.26. The fourth-order valence-electron chi connectivity index (χ4n) is 3.94. The van der Waals surface area contributed by atoms with Crippen LogP contribution in [0.25, 0.3) is 10.9 Å². The molecule has 2 N–H and O–H groups in total. The van der Waals surface area contributed by atoms with Crippen LogP contribution in [0.2, 0.25) is 0 Å². The molecule has 7 nitrogen and oxygen atoms in total. The molecule has 0 bridgehead atoms. The lowest BCUT2D eigenvalue weighted by Crippen LogP contribution is -2.46. The maximum Gasteiger partial charge on any atom is 0.251 e. The lowest BCUT2D eigenvalue weighted by atomic mass is 9.98. The van der Waals surface area contributed by atoms with Crippen molar-refractivity contribution < 1.29 is 9.59 Å². The van der Waals surface area contributed by atoms with Gasteiger partial charge in [-0.2, -0.15) is 5.10 Å². The van der Waals surface area contributed by atoms with Gasteiger partial charge in [-0.15, -0.1) is 0 Å². The van der Waals surface area contributed by atoms with E-state index in [1.54, 1.807) is 12.4 Å². The van der Waals surface area contributed by atoms with Crippen LogP contribution >= 0.6 is 0 Å². The minimum Gasteiger partial charge on any atom is -0.352 e. The summed E-state index contributed by atoms with van der Waals surface area (Å²) in [5.41, 5.74) is 2.24. The van der Waals surface area contributed by atoms with Crippen molar-refractivity contribution in [1.29, 1.82) is 0 Å². The van der Waals surface area contributed by atoms with Gasteiger partial charge in [-0.25, -0.2) is 0 Å². The second kappa shape index (κ2) is 8.86. The smallest absolute Gasteiger partial charge is 0.251 e. The molecule has 0 saturated carbocycles. The van der Waals surface area contributed by atoms with Crippen LogP contribution in [0.5, 0.6) is 0 Å². The molecule has 0 radical (unpaired) electrons. The second-order valence-electron chi connectivity index (χ2n) is 7.45. The third-order valence-corrected chi connectivity index (χ3v) is 5.48. The molecule has 1 atom stereocenters. The Morgan fingerprint density at radius 2 is 2.10 bits per heavy atom. The van der Waals surface area contributed by atoms with Crippen LogP contribution < -0.4 is 5.32 Å². The van der Waals surface area contributed by atoms with Gasteiger partial charge in [0.1, 0.15) is 0 Å². The van der Waals surface area contributed by atoms with Gasteiger partial charge < -0.3 is 10.2 Å². The third-order valence-electron chi connectivity index (χ3n) is 5.48. The van der Waals surface area contributed by atoms with Gasteiger partial charge in [0.15, 0.2) is 0 Å². The molecule has 1 saturated heterocycles. The Kier molecular flexibility index (Phi) is 5.84. The molecular formula is C22H25N5O2. The van der Waals surface area contributed by atoms with Gasteiger partial charge in [-0.3, -0.25) is 19.7 Å². The van der Waals surface area contributed by atoms with Crippen molar-refractivity contribution in [2.24, 2.45) is 0 Å². The summed E-state index contributed by atoms with van der Waals surface area (Å²) in [4.78, 5) is 31.5. The Labute approximate surface area is 169 Å². The largest absolute Gasteiger partial charge is 0.352 e. The van der Waals surface area contributed by atoms with Crippen LogP contribution in [0.1, 0.15) is 41.7 Å². The van der Waals surface area contributed by atoms with Crippen molar-refractivity contribution in [3.63, 3.8) is 0 Å². The molecule has 3 aromatic rings. The fraction of sp³-hybridized carbons (Fsp3) is 0.364. The zero-order valence-corrected chi connectivity index (χ0v) is 16.3. The van der Waals surface area contributed by atoms with Gasteiger partial charge in [-0.1, -0.05) is 12.1 Å². The van der Waals surface area contributed by atoms with Crippen LogP contribution in [0.4, 0.5) is 0 Å². The summed E-state index contributed by atoms with van der Waals surface area (Å²) < 4.78 is 0. The van der Waals surface area contributed by atoms with Crippen LogP contribution in [-0.4, -0.2) is 51.0 Å². The Hall–Kier alpha value is -3.22. The number of hydrogen-bond donors (Lipinski definition) is 2. The maximum atomic E-state index is 12.7. The van der Waals surface area contributed by atoms with Crippen LogP contribution in [0.15, 0.2) is 48.8 Å². The normalized spacial score (nSPS) is 16.7. The van der Waals surface area contributed by atoms with E-state index < -0.39 is 0 Å². The summed E-state index contributed by atoms with van der Waals surface area (Å²) in [7, 11) is 0. The Bertz CT molecular complexity index is 986. The topological polar surface area (TPSA) is 91.0 Å². The molecular weight excluding hydrogens is 366 g/mol. The van der Waals surface area contributed by atoms with Crippen molar-refractivity contribution in [2.45, 2.75) is 38.1 Å². The minimum absolute atomic E-state index is 0.108. The molecule has 4 rings (SSSR count). The molecule has 0 spiro atoms. The van der Waals surface area contributed by atoms with E-state index in [0.29, 0.717) is 18.5 Å². The highest BCUT2D eigenvalue weighted by Crippen LogP contribution is 2.20. The van der Waals surface area contributed by atoms with Crippen molar-refractivity contribution in [2.75, 3.05) is 13.1 Å². The standard InChI is InChI=1S/C22H25N5O2/c28-21(15-18-8-12-25-26-18)27-13-2-1-5-19(27)9-11-24-22(29)17-7-6-16-4-3-10-23-20(16)14-17/h3-4,6-8,10,12,14,19H,1-2,5,9,11,13,15H2,(H,24,29)(H,25,26). The maximum absolute atomic E-state index is 12.7. The van der Waals surface area contributed by atoms with Crippen LogP contribution in [0.3, 0.4) is 0 Å². The number of carbonyl (C=O) groups excluding carboxylic acids is 2. The SMILES string of the molecule is O=C(NCCC1CCCCN1C(=O)Cc1ccn[nH]1)c1ccc2cccnc2c1. The number of aromatic amines is 1. The number of piperidine rings is 1. The molecule has 2 amide bonds. The van der Waals surface area contributed by atoms with Gasteiger partial charge in [-0.05, 0) is 49.9 Å². The predicted molar refractivity (Wildman–Crippen MR) is 110 cm³/mol. The summed E-state index contributed by atoms with van der Waals surface area (Å²) >= 11 is 0. The lowest BCUT2D eigenvalue weighted by molar-refractivity contribution is -0.134. The molecule has 1 aliphatic rings. The molecule has 2 aromatic heterocycles. The third kappa shape index (κ3) is 4.62. The van der Waals surface area contributed by atoms with Gasteiger partial charge >= 0.3 is 0 Å². The molecule has 1 unspecified atom stereocenters. The second-order valence-corrected chi connectivity index (χ2v) is 7.45. The quantitative estimate of drug-likeness (QED) is 0.676. The van der Waals surface area contributed by atoms with E-state index in [1.165, 1.54) is 0 Å². The first kappa shape index (κ1) is 19.1. The van der Waals surface area contributed by atoms with E-state index >= 15 is 0 Å². The van der Waals surface area contributed by atoms with Gasteiger partial charge in [0.05, 0.1) is 11.9 Å². The molecule has 1 aromatic carbocycles. The molecule has 1 aliphatic heterocycles. The Morgan fingerprint density at radius 3 is 2.97 bits per heavy atom. The summed E-state index contributed by atoms with van der Waals surface area (Å²) in [5, 5.41) is 10.8. The zero-order valence-electron chi connectivity index (χ0n) is 16.3. The molecule has 150 valence electrons. The minimum atomic E-state index is -0.108. The van der Waals surface area contributed by atoms with Gasteiger partial charge in [0, 0.05) is 48.2 Å². The van der Waals surface area contributed by atoms with Crippen molar-refractivity contribution in [3.05, 3.63) is 60.0 Å². The van der Waals surface area contributed by atoms with E-state index in [1.807, 2.05) is 41.3 Å². The number of rotatable bonds is 6. The number of hydrogen-bond acceptors (Lipinski definition) is 4. The summed E-state index contributed by atoms with van der Waals surface area (Å²) in [6.45, 7) is 1.32. The Balaban J connectivity index is 1.32. The number of nitrogens with zero attached hydrogens (tertiary/aromatic N) is 3. The fourth-order valence-corrected chi connectivity index (χ4v) is 3.94. The highest BCUT2D eigenvalue weighted by Gasteiger charge is 2.26. The number of likely N-dealkylation sites (tertiary alicyclic amines) is 1. The van der Waals surface area contributed by atoms with Crippen molar-refractivity contribution >= 4 is 22.7 Å². The van der Waals surface area contributed by atoms with E-state index in [4.69, 9.17) is 0 Å². The van der Waals surface area contributed by atoms with Crippen LogP contribution in [-0.2, 0) is 11.2 Å². The van der Waals surface area contributed by atoms with Crippen molar-refractivity contribution in [1.82, 2.24) is 25.4 Å². The molecule has 0 aliphatic carbocycles. The molecule has 1 fully saturated rings. The van der Waals surface area contributed by atoms with E-state index in [2.05, 4.69) is 20.5 Å². The molecule has 3 heterocycles. The number of pyridine rings is 1. The monoisotopic (exact) mass is 391 g/mol. The lowest BCUT2D eigenvalue weighted by Gasteiger charge is -2.36. The summed E-state index contributed by atoms with van der Waals surface area (Å²) in [6, 6.07) is 11.4. The van der Waals surface area contributed by atoms with E-state index in [0.717, 1.165) is 48.8 Å². The van der Waals surface area contributed by atoms with E-state index in [-0.39, 0.29) is 17.9 Å². The van der Waals surface area contributed by atoms with Crippen LogP contribution in [0, 0.1) is 0 Å². The number of aromatic nitrogens is 3. The predicted octanol–water partition coefficient (Wildman–Crippen LogP) is 2.70. The zero-order chi connectivity index (χ0) is 20.1. The number of benzene rings is 1. The van der Waals surface area contributed by atoms with Gasteiger partial charge in [0.25, 0.3) is 5.91 Å². The highest BCUT2D eigenvalue weighted by molar-refractivity contribution is 5.97. The van der Waals surface area contributed by atoms with Crippen molar-refractivity contribution in [3.8, 4) is 0 Å². The average molecular weight is 391 g/mol. The first-order valence-corrected chi connectivity index (χ1v) is 10.1. The number of fused-ring (bicyclic) bond motifs is 1. The molecule has 7 heteroatoms. The number of H-pyrrole nitrogens is 1. The summed E-state index contributed by atoms with van der Waals surface area (Å²) in [6.07, 6.45) is 7.60. The summed E-state index contributed by atoms with van der Waals surface area (Å²) in [5.74, 6) is 0.00887. The number of nitrogens with one attached hydrogen (secondary N) is 2. The van der Waals surface area contributed by atoms with Gasteiger partial charge in [0.2, 0.25) is 5.91 Å². The Morgan fingerprint density at radius 1 is 1.17 bits per heavy atom. The van der Waals surface area contributed by atoms with E-state index in [9.17, 15) is 9.59 Å². The highest BCUT2D eigenvalue weighted by atomic mass is 16.2. The molecule has 29 heavy (non-hydrogen) atoms. The first-order chi connectivity index (χ1) is 14.2. The number of carbonyl (C=O) groups is 2.